The van der Waals surface area contributed by atoms with Gasteiger partial charge in [-0.15, -0.1) is 0 Å². The Morgan fingerprint density at radius 3 is 2.23 bits per heavy atom. The molecule has 0 bridgehead atoms. The number of nitrogens with one attached hydrogen (secondary N) is 1. The zero-order chi connectivity index (χ0) is 21.3. The number of amides is 1. The van der Waals surface area contributed by atoms with Crippen LogP contribution in [0.3, 0.4) is 0 Å². The Kier molecular flexibility index (Phi) is 7.22. The monoisotopic (exact) mass is 402 g/mol. The highest BCUT2D eigenvalue weighted by Gasteiger charge is 2.05. The van der Waals surface area contributed by atoms with Gasteiger partial charge in [0.2, 0.25) is 0 Å². The van der Waals surface area contributed by atoms with Crippen LogP contribution >= 0.6 is 0 Å². The number of nitrogens with zero attached hydrogens (tertiary/aromatic N) is 1. The largest absolute Gasteiger partial charge is 0.494 e. The van der Waals surface area contributed by atoms with E-state index in [1.807, 2.05) is 69.3 Å². The lowest BCUT2D eigenvalue weighted by Gasteiger charge is -2.08. The number of aryl methyl sites for hydroxylation is 2. The van der Waals surface area contributed by atoms with Crippen molar-refractivity contribution < 1.29 is 14.3 Å². The smallest absolute Gasteiger partial charge is 0.271 e. The van der Waals surface area contributed by atoms with Crippen molar-refractivity contribution in [3.63, 3.8) is 0 Å². The van der Waals surface area contributed by atoms with Crippen molar-refractivity contribution in [2.45, 2.75) is 27.4 Å². The van der Waals surface area contributed by atoms with E-state index in [-0.39, 0.29) is 5.91 Å². The fourth-order valence-corrected chi connectivity index (χ4v) is 2.91. The van der Waals surface area contributed by atoms with E-state index in [1.165, 1.54) is 5.56 Å². The van der Waals surface area contributed by atoms with E-state index < -0.39 is 0 Å². The minimum absolute atomic E-state index is 0.255. The van der Waals surface area contributed by atoms with Gasteiger partial charge in [0.05, 0.1) is 12.8 Å². The fraction of sp³-hybridized carbons (Fsp3) is 0.200. The number of hydrazone groups is 1. The Bertz CT molecular complexity index is 1010. The molecule has 154 valence electrons. The summed E-state index contributed by atoms with van der Waals surface area (Å²) in [5.41, 5.74) is 7.37. The van der Waals surface area contributed by atoms with E-state index in [4.69, 9.17) is 9.47 Å². The number of carbonyl (C=O) groups excluding carboxylic acids is 1. The van der Waals surface area contributed by atoms with Crippen LogP contribution in [0.4, 0.5) is 0 Å². The van der Waals surface area contributed by atoms with Crippen molar-refractivity contribution in [1.82, 2.24) is 5.43 Å². The SMILES string of the molecule is CCOc1ccc(OCc2ccc(C(=O)N/N=C\c3ccc(C)cc3C)cc2)cc1. The standard InChI is InChI=1S/C25H26N2O3/c1-4-29-23-11-13-24(14-12-23)30-17-20-6-9-21(10-7-20)25(28)27-26-16-22-8-5-18(2)15-19(22)3/h5-16H,4,17H2,1-3H3,(H,27,28)/b26-16-. The summed E-state index contributed by atoms with van der Waals surface area (Å²) in [6.07, 6.45) is 1.66. The highest BCUT2D eigenvalue weighted by atomic mass is 16.5. The predicted octanol–water partition coefficient (Wildman–Crippen LogP) is 5.05. The van der Waals surface area contributed by atoms with E-state index in [1.54, 1.807) is 18.3 Å². The summed E-state index contributed by atoms with van der Waals surface area (Å²) in [7, 11) is 0. The van der Waals surface area contributed by atoms with E-state index in [0.717, 1.165) is 28.2 Å². The molecule has 1 amide bonds. The summed E-state index contributed by atoms with van der Waals surface area (Å²) in [5.74, 6) is 1.33. The zero-order valence-corrected chi connectivity index (χ0v) is 17.5. The van der Waals surface area contributed by atoms with Crippen molar-refractivity contribution in [2.24, 2.45) is 5.10 Å². The van der Waals surface area contributed by atoms with Gasteiger partial charge in [0.15, 0.2) is 0 Å². The number of benzene rings is 3. The highest BCUT2D eigenvalue weighted by molar-refractivity contribution is 5.95. The normalized spacial score (nSPS) is 10.8. The van der Waals surface area contributed by atoms with Gasteiger partial charge in [-0.05, 0) is 73.9 Å². The van der Waals surface area contributed by atoms with Crippen molar-refractivity contribution in [2.75, 3.05) is 6.61 Å². The van der Waals surface area contributed by atoms with Crippen molar-refractivity contribution in [3.05, 3.63) is 94.5 Å². The topological polar surface area (TPSA) is 59.9 Å². The molecule has 1 N–H and O–H groups in total. The van der Waals surface area contributed by atoms with E-state index in [0.29, 0.717) is 18.8 Å². The van der Waals surface area contributed by atoms with Crippen molar-refractivity contribution in [3.8, 4) is 11.5 Å². The molecule has 0 radical (unpaired) electrons. The van der Waals surface area contributed by atoms with Gasteiger partial charge in [-0.25, -0.2) is 5.43 Å². The Labute approximate surface area is 177 Å². The molecule has 5 nitrogen and oxygen atoms in total. The van der Waals surface area contributed by atoms with Crippen molar-refractivity contribution >= 4 is 12.1 Å². The average molecular weight is 402 g/mol. The molecule has 0 unspecified atom stereocenters. The van der Waals surface area contributed by atoms with Crippen LogP contribution in [0.15, 0.2) is 71.8 Å². The van der Waals surface area contributed by atoms with Crippen LogP contribution in [0.25, 0.3) is 0 Å². The summed E-state index contributed by atoms with van der Waals surface area (Å²) in [6.45, 7) is 7.07. The summed E-state index contributed by atoms with van der Waals surface area (Å²) in [4.78, 5) is 12.3. The molecule has 3 aromatic rings. The van der Waals surface area contributed by atoms with E-state index >= 15 is 0 Å². The average Bonchev–Trinajstić information content (AvgIpc) is 2.75. The molecule has 5 heteroatoms. The number of hydrogen-bond acceptors (Lipinski definition) is 4. The summed E-state index contributed by atoms with van der Waals surface area (Å²) in [6, 6.07) is 20.9. The molecular weight excluding hydrogens is 376 g/mol. The van der Waals surface area contributed by atoms with Crippen LogP contribution in [0.2, 0.25) is 0 Å². The Morgan fingerprint density at radius 1 is 0.933 bits per heavy atom. The third-order valence-corrected chi connectivity index (χ3v) is 4.55. The van der Waals surface area contributed by atoms with Gasteiger partial charge in [-0.1, -0.05) is 35.9 Å². The Balaban J connectivity index is 1.51. The van der Waals surface area contributed by atoms with Gasteiger partial charge in [0.1, 0.15) is 18.1 Å². The maximum absolute atomic E-state index is 12.3. The van der Waals surface area contributed by atoms with Gasteiger partial charge in [-0.2, -0.15) is 5.10 Å². The summed E-state index contributed by atoms with van der Waals surface area (Å²) >= 11 is 0. The quantitative estimate of drug-likeness (QED) is 0.424. The summed E-state index contributed by atoms with van der Waals surface area (Å²) in [5, 5.41) is 4.07. The second kappa shape index (κ2) is 10.3. The van der Waals surface area contributed by atoms with E-state index in [2.05, 4.69) is 16.6 Å². The van der Waals surface area contributed by atoms with Gasteiger partial charge < -0.3 is 9.47 Å². The van der Waals surface area contributed by atoms with Crippen LogP contribution in [-0.2, 0) is 6.61 Å². The number of ether oxygens (including phenoxy) is 2. The molecule has 0 aliphatic carbocycles. The second-order valence-corrected chi connectivity index (χ2v) is 6.95. The molecule has 0 aliphatic rings. The Morgan fingerprint density at radius 2 is 1.60 bits per heavy atom. The molecule has 0 atom stereocenters. The maximum atomic E-state index is 12.3. The van der Waals surface area contributed by atoms with Crippen LogP contribution in [0.1, 0.15) is 39.5 Å². The molecule has 0 saturated carbocycles. The van der Waals surface area contributed by atoms with Crippen molar-refractivity contribution in [1.29, 1.82) is 0 Å². The zero-order valence-electron chi connectivity index (χ0n) is 17.5. The molecule has 3 aromatic carbocycles. The van der Waals surface area contributed by atoms with Gasteiger partial charge >= 0.3 is 0 Å². The predicted molar refractivity (Wildman–Crippen MR) is 119 cm³/mol. The third-order valence-electron chi connectivity index (χ3n) is 4.55. The first-order valence-corrected chi connectivity index (χ1v) is 9.90. The highest BCUT2D eigenvalue weighted by Crippen LogP contribution is 2.19. The molecular formula is C25H26N2O3. The van der Waals surface area contributed by atoms with E-state index in [9.17, 15) is 4.79 Å². The van der Waals surface area contributed by atoms with Crippen LogP contribution in [-0.4, -0.2) is 18.7 Å². The Hall–Kier alpha value is -3.60. The maximum Gasteiger partial charge on any atom is 0.271 e. The third kappa shape index (κ3) is 5.95. The lowest BCUT2D eigenvalue weighted by Crippen LogP contribution is -2.17. The molecule has 0 heterocycles. The van der Waals surface area contributed by atoms with Gasteiger partial charge in [-0.3, -0.25) is 4.79 Å². The minimum Gasteiger partial charge on any atom is -0.494 e. The van der Waals surface area contributed by atoms with Gasteiger partial charge in [0, 0.05) is 5.56 Å². The fourth-order valence-electron chi connectivity index (χ4n) is 2.91. The van der Waals surface area contributed by atoms with Crippen LogP contribution in [0.5, 0.6) is 11.5 Å². The molecule has 3 rings (SSSR count). The number of rotatable bonds is 8. The number of hydrogen-bond donors (Lipinski definition) is 1. The first-order valence-electron chi connectivity index (χ1n) is 9.90. The van der Waals surface area contributed by atoms with Crippen LogP contribution in [0, 0.1) is 13.8 Å². The molecule has 0 aromatic heterocycles. The van der Waals surface area contributed by atoms with Crippen LogP contribution < -0.4 is 14.9 Å². The molecule has 0 fully saturated rings. The molecule has 0 spiro atoms. The summed E-state index contributed by atoms with van der Waals surface area (Å²) < 4.78 is 11.2. The second-order valence-electron chi connectivity index (χ2n) is 6.95. The number of carbonyl (C=O) groups is 1. The minimum atomic E-state index is -0.255. The lowest BCUT2D eigenvalue weighted by molar-refractivity contribution is 0.0955. The molecule has 30 heavy (non-hydrogen) atoms. The van der Waals surface area contributed by atoms with Gasteiger partial charge in [0.25, 0.3) is 5.91 Å². The first-order chi connectivity index (χ1) is 14.5. The molecule has 0 aliphatic heterocycles. The lowest BCUT2D eigenvalue weighted by atomic mass is 10.1. The first kappa shape index (κ1) is 21.1. The molecule has 0 saturated heterocycles.